The minimum Gasteiger partial charge on any atom is -0.488 e. The van der Waals surface area contributed by atoms with Crippen molar-refractivity contribution >= 4 is 33.5 Å². The molecule has 0 atom stereocenters. The highest BCUT2D eigenvalue weighted by atomic mass is 32.1. The van der Waals surface area contributed by atoms with E-state index in [2.05, 4.69) is 58.0 Å². The Morgan fingerprint density at radius 3 is 2.44 bits per heavy atom. The van der Waals surface area contributed by atoms with Crippen molar-refractivity contribution in [1.29, 1.82) is 0 Å². The van der Waals surface area contributed by atoms with Crippen molar-refractivity contribution in [2.24, 2.45) is 5.10 Å². The molecule has 0 spiro atoms. The van der Waals surface area contributed by atoms with Crippen LogP contribution < -0.4 is 10.2 Å². The van der Waals surface area contributed by atoms with Gasteiger partial charge in [-0.15, -0.1) is 11.3 Å². The molecular weight excluding hydrogens is 414 g/mol. The van der Waals surface area contributed by atoms with Crippen molar-refractivity contribution in [1.82, 2.24) is 4.98 Å². The SMILES string of the molecule is C(=NNc1nc(-c2ccccc2)cs1)c1c(OCc2ccccc2)ccc2ccccc12. The number of hydrogen-bond donors (Lipinski definition) is 1. The monoisotopic (exact) mass is 435 g/mol. The lowest BCUT2D eigenvalue weighted by atomic mass is 10.0. The molecule has 4 aromatic carbocycles. The molecule has 5 aromatic rings. The minimum atomic E-state index is 0.500. The summed E-state index contributed by atoms with van der Waals surface area (Å²) in [5, 5.41) is 9.48. The molecule has 0 unspecified atom stereocenters. The van der Waals surface area contributed by atoms with Gasteiger partial charge in [-0.2, -0.15) is 5.10 Å². The number of nitrogens with zero attached hydrogens (tertiary/aromatic N) is 2. The summed E-state index contributed by atoms with van der Waals surface area (Å²) in [5.74, 6) is 0.794. The topological polar surface area (TPSA) is 46.5 Å². The summed E-state index contributed by atoms with van der Waals surface area (Å²) < 4.78 is 6.16. The highest BCUT2D eigenvalue weighted by Gasteiger charge is 2.08. The van der Waals surface area contributed by atoms with Crippen LogP contribution in [0.15, 0.2) is 108 Å². The van der Waals surface area contributed by atoms with E-state index in [-0.39, 0.29) is 0 Å². The van der Waals surface area contributed by atoms with Gasteiger partial charge in [-0.3, -0.25) is 5.43 Å². The van der Waals surface area contributed by atoms with E-state index >= 15 is 0 Å². The fraction of sp³-hybridized carbons (Fsp3) is 0.0370. The number of thiazole rings is 1. The Bertz CT molecular complexity index is 1350. The molecule has 1 aromatic heterocycles. The van der Waals surface area contributed by atoms with Crippen LogP contribution in [0.1, 0.15) is 11.1 Å². The van der Waals surface area contributed by atoms with E-state index in [0.717, 1.165) is 44.0 Å². The maximum Gasteiger partial charge on any atom is 0.203 e. The molecule has 156 valence electrons. The second-order valence-corrected chi connectivity index (χ2v) is 8.10. The molecule has 5 rings (SSSR count). The van der Waals surface area contributed by atoms with Gasteiger partial charge in [-0.1, -0.05) is 91.0 Å². The maximum absolute atomic E-state index is 6.16. The quantitative estimate of drug-likeness (QED) is 0.221. The first kappa shape index (κ1) is 20.0. The van der Waals surface area contributed by atoms with Crippen LogP contribution in [-0.2, 0) is 6.61 Å². The third kappa shape index (κ3) is 4.53. The summed E-state index contributed by atoms with van der Waals surface area (Å²) in [6.45, 7) is 0.500. The third-order valence-corrected chi connectivity index (χ3v) is 5.84. The molecule has 0 radical (unpaired) electrons. The standard InChI is InChI=1S/C27H21N3OS/c1-3-9-20(10-4-1)18-31-26-16-15-21-11-7-8-14-23(21)24(26)17-28-30-27-29-25(19-32-27)22-12-5-2-6-13-22/h1-17,19H,18H2,(H,29,30). The zero-order valence-electron chi connectivity index (χ0n) is 17.3. The van der Waals surface area contributed by atoms with Crippen LogP contribution in [0.25, 0.3) is 22.0 Å². The van der Waals surface area contributed by atoms with Crippen molar-refractivity contribution < 1.29 is 4.74 Å². The van der Waals surface area contributed by atoms with Gasteiger partial charge in [-0.05, 0) is 22.4 Å². The number of nitrogens with one attached hydrogen (secondary N) is 1. The van der Waals surface area contributed by atoms with Crippen molar-refractivity contribution in [3.8, 4) is 17.0 Å². The fourth-order valence-corrected chi connectivity index (χ4v) is 4.16. The van der Waals surface area contributed by atoms with Crippen LogP contribution in [0.2, 0.25) is 0 Å². The zero-order valence-corrected chi connectivity index (χ0v) is 18.1. The summed E-state index contributed by atoms with van der Waals surface area (Å²) in [6.07, 6.45) is 1.81. The highest BCUT2D eigenvalue weighted by Crippen LogP contribution is 2.28. The number of hydrogen-bond acceptors (Lipinski definition) is 5. The Labute approximate surface area is 190 Å². The second kappa shape index (κ2) is 9.45. The third-order valence-electron chi connectivity index (χ3n) is 5.10. The number of hydrazone groups is 1. The minimum absolute atomic E-state index is 0.500. The van der Waals surface area contributed by atoms with Crippen molar-refractivity contribution in [3.05, 3.63) is 114 Å². The van der Waals surface area contributed by atoms with Crippen LogP contribution in [0.5, 0.6) is 5.75 Å². The molecule has 0 aliphatic carbocycles. The van der Waals surface area contributed by atoms with Gasteiger partial charge < -0.3 is 4.74 Å². The number of fused-ring (bicyclic) bond motifs is 1. The lowest BCUT2D eigenvalue weighted by Crippen LogP contribution is -2.00. The smallest absolute Gasteiger partial charge is 0.203 e. The molecule has 0 saturated heterocycles. The number of aromatic nitrogens is 1. The van der Waals surface area contributed by atoms with Gasteiger partial charge >= 0.3 is 0 Å². The predicted molar refractivity (Wildman–Crippen MR) is 133 cm³/mol. The van der Waals surface area contributed by atoms with E-state index in [1.807, 2.05) is 66.2 Å². The molecular formula is C27H21N3OS. The van der Waals surface area contributed by atoms with E-state index in [9.17, 15) is 0 Å². The number of ether oxygens (including phenoxy) is 1. The first-order valence-corrected chi connectivity index (χ1v) is 11.2. The molecule has 32 heavy (non-hydrogen) atoms. The summed E-state index contributed by atoms with van der Waals surface area (Å²) in [4.78, 5) is 4.63. The normalized spacial score (nSPS) is 11.1. The molecule has 4 nitrogen and oxygen atoms in total. The molecule has 0 amide bonds. The van der Waals surface area contributed by atoms with Gasteiger partial charge in [0.05, 0.1) is 11.9 Å². The maximum atomic E-state index is 6.16. The van der Waals surface area contributed by atoms with E-state index in [0.29, 0.717) is 6.61 Å². The van der Waals surface area contributed by atoms with E-state index in [1.54, 1.807) is 0 Å². The van der Waals surface area contributed by atoms with E-state index in [4.69, 9.17) is 4.74 Å². The lowest BCUT2D eigenvalue weighted by Gasteiger charge is -2.12. The Hall–Kier alpha value is -3.96. The average molecular weight is 436 g/mol. The Morgan fingerprint density at radius 1 is 0.844 bits per heavy atom. The number of anilines is 1. The van der Waals surface area contributed by atoms with Gasteiger partial charge in [0.1, 0.15) is 12.4 Å². The fourth-order valence-electron chi connectivity index (χ4n) is 3.49. The van der Waals surface area contributed by atoms with E-state index < -0.39 is 0 Å². The molecule has 5 heteroatoms. The molecule has 0 saturated carbocycles. The van der Waals surface area contributed by atoms with E-state index in [1.165, 1.54) is 11.3 Å². The Kier molecular flexibility index (Phi) is 5.90. The van der Waals surface area contributed by atoms with Crippen LogP contribution in [0.3, 0.4) is 0 Å². The van der Waals surface area contributed by atoms with Crippen LogP contribution in [-0.4, -0.2) is 11.2 Å². The predicted octanol–water partition coefficient (Wildman–Crippen LogP) is 6.99. The summed E-state index contributed by atoms with van der Waals surface area (Å²) >= 11 is 1.53. The van der Waals surface area contributed by atoms with Gasteiger partial charge in [0.2, 0.25) is 5.13 Å². The Morgan fingerprint density at radius 2 is 1.59 bits per heavy atom. The zero-order chi connectivity index (χ0) is 21.6. The van der Waals surface area contributed by atoms with Crippen LogP contribution in [0.4, 0.5) is 5.13 Å². The van der Waals surface area contributed by atoms with Gasteiger partial charge in [0.15, 0.2) is 0 Å². The van der Waals surface area contributed by atoms with Gasteiger partial charge in [0.25, 0.3) is 0 Å². The van der Waals surface area contributed by atoms with Crippen molar-refractivity contribution in [2.45, 2.75) is 6.61 Å². The van der Waals surface area contributed by atoms with Gasteiger partial charge in [-0.25, -0.2) is 4.98 Å². The molecule has 0 aliphatic rings. The summed E-state index contributed by atoms with van der Waals surface area (Å²) in [7, 11) is 0. The van der Waals surface area contributed by atoms with Crippen LogP contribution in [0, 0.1) is 0 Å². The Balaban J connectivity index is 1.38. The van der Waals surface area contributed by atoms with Crippen molar-refractivity contribution in [2.75, 3.05) is 5.43 Å². The average Bonchev–Trinajstić information content (AvgIpc) is 3.33. The van der Waals surface area contributed by atoms with Crippen LogP contribution >= 0.6 is 11.3 Å². The molecule has 0 aliphatic heterocycles. The number of benzene rings is 4. The largest absolute Gasteiger partial charge is 0.488 e. The second-order valence-electron chi connectivity index (χ2n) is 7.25. The highest BCUT2D eigenvalue weighted by molar-refractivity contribution is 7.14. The first-order chi connectivity index (χ1) is 15.9. The van der Waals surface area contributed by atoms with Gasteiger partial charge in [0, 0.05) is 16.5 Å². The molecule has 0 fully saturated rings. The number of rotatable bonds is 7. The summed E-state index contributed by atoms with van der Waals surface area (Å²) in [6, 6.07) is 32.6. The summed E-state index contributed by atoms with van der Waals surface area (Å²) in [5.41, 5.74) is 7.15. The molecule has 1 heterocycles. The molecule has 1 N–H and O–H groups in total. The van der Waals surface area contributed by atoms with Crippen molar-refractivity contribution in [3.63, 3.8) is 0 Å². The molecule has 0 bridgehead atoms. The first-order valence-electron chi connectivity index (χ1n) is 10.4. The lowest BCUT2D eigenvalue weighted by molar-refractivity contribution is 0.306.